The Bertz CT molecular complexity index is 98.9. The standard InChI is InChI=1S/C9H18S/c1-7(2)5-9-6-8(9)3-4-10/h7-10H,3-6H2,1-2H3. The normalized spacial score (nSPS) is 31.2. The van der Waals surface area contributed by atoms with Crippen LogP contribution in [0.25, 0.3) is 0 Å². The van der Waals surface area contributed by atoms with Crippen molar-refractivity contribution in [2.45, 2.75) is 33.1 Å². The molecule has 2 unspecified atom stereocenters. The molecule has 1 aliphatic carbocycles. The van der Waals surface area contributed by atoms with Gasteiger partial charge < -0.3 is 0 Å². The first kappa shape index (κ1) is 8.45. The lowest BCUT2D eigenvalue weighted by Crippen LogP contribution is -1.91. The van der Waals surface area contributed by atoms with Gasteiger partial charge in [-0.1, -0.05) is 13.8 Å². The van der Waals surface area contributed by atoms with Crippen molar-refractivity contribution in [2.24, 2.45) is 17.8 Å². The van der Waals surface area contributed by atoms with E-state index in [1.807, 2.05) is 0 Å². The number of hydrogen-bond donors (Lipinski definition) is 1. The van der Waals surface area contributed by atoms with E-state index in [2.05, 4.69) is 26.5 Å². The summed E-state index contributed by atoms with van der Waals surface area (Å²) in [5.74, 6) is 4.08. The zero-order chi connectivity index (χ0) is 7.56. The highest BCUT2D eigenvalue weighted by Gasteiger charge is 2.35. The highest BCUT2D eigenvalue weighted by molar-refractivity contribution is 7.80. The van der Waals surface area contributed by atoms with Gasteiger partial charge in [0.1, 0.15) is 0 Å². The van der Waals surface area contributed by atoms with Gasteiger partial charge in [0.15, 0.2) is 0 Å². The summed E-state index contributed by atoms with van der Waals surface area (Å²) in [6.07, 6.45) is 4.28. The van der Waals surface area contributed by atoms with Crippen LogP contribution in [0.5, 0.6) is 0 Å². The van der Waals surface area contributed by atoms with E-state index in [0.717, 1.165) is 23.5 Å². The Labute approximate surface area is 69.8 Å². The predicted molar refractivity (Wildman–Crippen MR) is 49.5 cm³/mol. The summed E-state index contributed by atoms with van der Waals surface area (Å²) in [7, 11) is 0. The maximum atomic E-state index is 4.23. The lowest BCUT2D eigenvalue weighted by molar-refractivity contribution is 0.509. The van der Waals surface area contributed by atoms with Crippen molar-refractivity contribution in [1.82, 2.24) is 0 Å². The van der Waals surface area contributed by atoms with Crippen molar-refractivity contribution in [1.29, 1.82) is 0 Å². The highest BCUT2D eigenvalue weighted by Crippen LogP contribution is 2.45. The molecule has 0 bridgehead atoms. The molecule has 0 spiro atoms. The van der Waals surface area contributed by atoms with Crippen LogP contribution in [0.1, 0.15) is 33.1 Å². The van der Waals surface area contributed by atoms with Gasteiger partial charge in [-0.3, -0.25) is 0 Å². The number of rotatable bonds is 4. The number of hydrogen-bond acceptors (Lipinski definition) is 1. The Kier molecular flexibility index (Phi) is 3.09. The lowest BCUT2D eigenvalue weighted by Gasteiger charge is -2.01. The third-order valence-corrected chi connectivity index (χ3v) is 2.60. The van der Waals surface area contributed by atoms with Crippen LogP contribution in [0.15, 0.2) is 0 Å². The smallest absolute Gasteiger partial charge is 0.00952 e. The summed E-state index contributed by atoms with van der Waals surface area (Å²) in [6, 6.07) is 0. The molecule has 1 aliphatic rings. The molecule has 0 heterocycles. The average molecular weight is 158 g/mol. The molecule has 10 heavy (non-hydrogen) atoms. The van der Waals surface area contributed by atoms with Gasteiger partial charge in [0.05, 0.1) is 0 Å². The van der Waals surface area contributed by atoms with E-state index in [4.69, 9.17) is 0 Å². The van der Waals surface area contributed by atoms with E-state index in [1.165, 1.54) is 19.3 Å². The van der Waals surface area contributed by atoms with E-state index in [9.17, 15) is 0 Å². The monoisotopic (exact) mass is 158 g/mol. The summed E-state index contributed by atoms with van der Waals surface area (Å²) in [4.78, 5) is 0. The zero-order valence-electron chi connectivity index (χ0n) is 7.01. The Balaban J connectivity index is 2.02. The predicted octanol–water partition coefficient (Wildman–Crippen LogP) is 2.99. The maximum absolute atomic E-state index is 4.23. The van der Waals surface area contributed by atoms with Gasteiger partial charge in [0.25, 0.3) is 0 Å². The SMILES string of the molecule is CC(C)CC1CC1CCS. The molecule has 1 heteroatoms. The van der Waals surface area contributed by atoms with Crippen molar-refractivity contribution in [2.75, 3.05) is 5.75 Å². The van der Waals surface area contributed by atoms with Crippen molar-refractivity contribution in [3.8, 4) is 0 Å². The zero-order valence-corrected chi connectivity index (χ0v) is 7.90. The number of thiol groups is 1. The molecule has 0 aromatic heterocycles. The molecule has 2 atom stereocenters. The molecule has 0 nitrogen and oxygen atoms in total. The first-order chi connectivity index (χ1) is 4.74. The van der Waals surface area contributed by atoms with Crippen LogP contribution in [0.2, 0.25) is 0 Å². The second kappa shape index (κ2) is 3.66. The van der Waals surface area contributed by atoms with E-state index in [-0.39, 0.29) is 0 Å². The van der Waals surface area contributed by atoms with Gasteiger partial charge in [0.2, 0.25) is 0 Å². The van der Waals surface area contributed by atoms with Crippen LogP contribution in [0.4, 0.5) is 0 Å². The fourth-order valence-electron chi connectivity index (χ4n) is 1.72. The summed E-state index contributed by atoms with van der Waals surface area (Å²) >= 11 is 4.23. The first-order valence-electron chi connectivity index (χ1n) is 4.35. The topological polar surface area (TPSA) is 0 Å². The van der Waals surface area contributed by atoms with E-state index >= 15 is 0 Å². The van der Waals surface area contributed by atoms with Gasteiger partial charge in [-0.05, 0) is 42.8 Å². The minimum atomic E-state index is 0.898. The molecular weight excluding hydrogens is 140 g/mol. The molecule has 1 fully saturated rings. The molecule has 0 amide bonds. The summed E-state index contributed by atoms with van der Waals surface area (Å²) in [5, 5.41) is 0. The second-order valence-electron chi connectivity index (χ2n) is 3.90. The van der Waals surface area contributed by atoms with E-state index in [1.54, 1.807) is 0 Å². The minimum absolute atomic E-state index is 0.898. The lowest BCUT2D eigenvalue weighted by atomic mass is 10.1. The van der Waals surface area contributed by atoms with Crippen LogP contribution in [-0.4, -0.2) is 5.75 Å². The Morgan fingerprint density at radius 2 is 2.10 bits per heavy atom. The Hall–Kier alpha value is 0.350. The van der Waals surface area contributed by atoms with Crippen molar-refractivity contribution < 1.29 is 0 Å². The Morgan fingerprint density at radius 1 is 1.40 bits per heavy atom. The molecule has 0 N–H and O–H groups in total. The van der Waals surface area contributed by atoms with Gasteiger partial charge in [-0.25, -0.2) is 0 Å². The van der Waals surface area contributed by atoms with E-state index in [0.29, 0.717) is 0 Å². The average Bonchev–Trinajstić information content (AvgIpc) is 2.47. The van der Waals surface area contributed by atoms with Crippen molar-refractivity contribution in [3.63, 3.8) is 0 Å². The van der Waals surface area contributed by atoms with Crippen molar-refractivity contribution >= 4 is 12.6 Å². The van der Waals surface area contributed by atoms with Crippen LogP contribution < -0.4 is 0 Å². The Morgan fingerprint density at radius 3 is 2.60 bits per heavy atom. The molecule has 0 saturated heterocycles. The summed E-state index contributed by atoms with van der Waals surface area (Å²) < 4.78 is 0. The van der Waals surface area contributed by atoms with Crippen LogP contribution in [-0.2, 0) is 0 Å². The maximum Gasteiger partial charge on any atom is -0.00952 e. The van der Waals surface area contributed by atoms with Crippen LogP contribution >= 0.6 is 12.6 Å². The third-order valence-electron chi connectivity index (χ3n) is 2.34. The minimum Gasteiger partial charge on any atom is -0.179 e. The van der Waals surface area contributed by atoms with Gasteiger partial charge in [-0.15, -0.1) is 0 Å². The summed E-state index contributed by atoms with van der Waals surface area (Å²) in [5.41, 5.74) is 0. The van der Waals surface area contributed by atoms with Gasteiger partial charge >= 0.3 is 0 Å². The fourth-order valence-corrected chi connectivity index (χ4v) is 2.06. The highest BCUT2D eigenvalue weighted by atomic mass is 32.1. The van der Waals surface area contributed by atoms with Gasteiger partial charge in [-0.2, -0.15) is 12.6 Å². The van der Waals surface area contributed by atoms with Crippen LogP contribution in [0, 0.1) is 17.8 Å². The van der Waals surface area contributed by atoms with Crippen molar-refractivity contribution in [3.05, 3.63) is 0 Å². The molecule has 0 aromatic rings. The molecule has 1 rings (SSSR count). The molecule has 0 aromatic carbocycles. The third kappa shape index (κ3) is 2.53. The molecule has 60 valence electrons. The first-order valence-corrected chi connectivity index (χ1v) is 4.98. The second-order valence-corrected chi connectivity index (χ2v) is 4.34. The van der Waals surface area contributed by atoms with Gasteiger partial charge in [0, 0.05) is 0 Å². The quantitative estimate of drug-likeness (QED) is 0.597. The summed E-state index contributed by atoms with van der Waals surface area (Å²) in [6.45, 7) is 4.63. The van der Waals surface area contributed by atoms with E-state index < -0.39 is 0 Å². The molecular formula is C9H18S. The molecule has 0 aliphatic heterocycles. The largest absolute Gasteiger partial charge is 0.179 e. The van der Waals surface area contributed by atoms with Crippen LogP contribution in [0.3, 0.4) is 0 Å². The molecule has 1 saturated carbocycles. The fraction of sp³-hybridized carbons (Fsp3) is 1.00. The molecule has 0 radical (unpaired) electrons.